The van der Waals surface area contributed by atoms with Crippen LogP contribution in [0.1, 0.15) is 15.9 Å². The molecule has 0 spiro atoms. The molecule has 22 heavy (non-hydrogen) atoms. The summed E-state index contributed by atoms with van der Waals surface area (Å²) in [6.07, 6.45) is 1.62. The zero-order chi connectivity index (χ0) is 15.7. The van der Waals surface area contributed by atoms with Gasteiger partial charge in [-0.2, -0.15) is 0 Å². The average Bonchev–Trinajstić information content (AvgIpc) is 2.85. The number of hydrogen-bond donors (Lipinski definition) is 0. The molecular weight excluding hydrogens is 304 g/mol. The Morgan fingerprint density at radius 3 is 2.59 bits per heavy atom. The predicted octanol–water partition coefficient (Wildman–Crippen LogP) is 3.97. The van der Waals surface area contributed by atoms with Crippen molar-refractivity contribution in [3.8, 4) is 17.2 Å². The summed E-state index contributed by atoms with van der Waals surface area (Å²) >= 11 is 6.11. The van der Waals surface area contributed by atoms with Crippen LogP contribution in [0.2, 0.25) is 5.02 Å². The molecule has 1 aliphatic rings. The van der Waals surface area contributed by atoms with E-state index in [4.69, 9.17) is 25.8 Å². The number of carbonyl (C=O) groups excluding carboxylic acids is 1. The van der Waals surface area contributed by atoms with Gasteiger partial charge in [0.15, 0.2) is 5.76 Å². The Bertz CT molecular complexity index is 780. The lowest BCUT2D eigenvalue weighted by atomic mass is 10.1. The summed E-state index contributed by atoms with van der Waals surface area (Å²) in [5.41, 5.74) is 1.10. The fourth-order valence-electron chi connectivity index (χ4n) is 2.27. The normalized spacial score (nSPS) is 14.7. The largest absolute Gasteiger partial charge is 0.496 e. The van der Waals surface area contributed by atoms with Crippen molar-refractivity contribution in [1.82, 2.24) is 0 Å². The van der Waals surface area contributed by atoms with Crippen LogP contribution in [-0.2, 0) is 0 Å². The second kappa shape index (κ2) is 5.73. The van der Waals surface area contributed by atoms with Gasteiger partial charge in [0.1, 0.15) is 22.8 Å². The number of benzene rings is 2. The van der Waals surface area contributed by atoms with Gasteiger partial charge in [-0.1, -0.05) is 29.8 Å². The van der Waals surface area contributed by atoms with Crippen molar-refractivity contribution in [2.24, 2.45) is 0 Å². The molecule has 0 atom stereocenters. The van der Waals surface area contributed by atoms with E-state index >= 15 is 0 Å². The fraction of sp³-hybridized carbons (Fsp3) is 0.118. The molecular formula is C17H13ClO4. The molecule has 0 bridgehead atoms. The molecule has 0 unspecified atom stereocenters. The number of halogens is 1. The number of Topliss-reactive ketones (excluding diaryl/α,β-unsaturated/α-hetero) is 1. The van der Waals surface area contributed by atoms with Gasteiger partial charge >= 0.3 is 0 Å². The fourth-order valence-corrected chi connectivity index (χ4v) is 2.46. The van der Waals surface area contributed by atoms with E-state index in [0.717, 1.165) is 0 Å². The van der Waals surface area contributed by atoms with Gasteiger partial charge in [0.2, 0.25) is 5.78 Å². The first-order valence-corrected chi connectivity index (χ1v) is 6.96. The van der Waals surface area contributed by atoms with Gasteiger partial charge in [0.25, 0.3) is 0 Å². The van der Waals surface area contributed by atoms with Crippen LogP contribution in [0.25, 0.3) is 6.08 Å². The van der Waals surface area contributed by atoms with Crippen LogP contribution >= 0.6 is 11.6 Å². The number of ether oxygens (including phenoxy) is 3. The van der Waals surface area contributed by atoms with Gasteiger partial charge in [0.05, 0.1) is 14.2 Å². The minimum atomic E-state index is -0.241. The standard InChI is InChI=1S/C17H13ClO4/c1-20-11-8-13(21-2)16-14(9-11)22-15(17(16)19)7-10-5-3-4-6-12(10)18/h3-9H,1-2H3/b15-7-. The highest BCUT2D eigenvalue weighted by Crippen LogP contribution is 2.41. The third-order valence-corrected chi connectivity index (χ3v) is 3.70. The molecule has 4 nitrogen and oxygen atoms in total. The summed E-state index contributed by atoms with van der Waals surface area (Å²) in [6.45, 7) is 0. The van der Waals surface area contributed by atoms with Gasteiger partial charge in [0, 0.05) is 17.2 Å². The first kappa shape index (κ1) is 14.5. The molecule has 0 N–H and O–H groups in total. The van der Waals surface area contributed by atoms with Crippen LogP contribution in [0.3, 0.4) is 0 Å². The molecule has 0 amide bonds. The molecule has 2 aromatic carbocycles. The van der Waals surface area contributed by atoms with E-state index in [0.29, 0.717) is 33.4 Å². The summed E-state index contributed by atoms with van der Waals surface area (Å²) in [6, 6.07) is 10.5. The monoisotopic (exact) mass is 316 g/mol. The van der Waals surface area contributed by atoms with Crippen LogP contribution in [0.4, 0.5) is 0 Å². The maximum absolute atomic E-state index is 12.5. The number of allylic oxidation sites excluding steroid dienone is 1. The summed E-state index contributed by atoms with van der Waals surface area (Å²) in [5.74, 6) is 1.35. The van der Waals surface area contributed by atoms with E-state index in [1.165, 1.54) is 7.11 Å². The molecule has 5 heteroatoms. The van der Waals surface area contributed by atoms with Crippen molar-refractivity contribution in [2.45, 2.75) is 0 Å². The first-order valence-electron chi connectivity index (χ1n) is 6.59. The minimum Gasteiger partial charge on any atom is -0.496 e. The Labute approximate surface area is 132 Å². The first-order chi connectivity index (χ1) is 10.6. The SMILES string of the molecule is COc1cc(OC)c2c(c1)O/C(=C\c1ccccc1Cl)C2=O. The quantitative estimate of drug-likeness (QED) is 0.804. The smallest absolute Gasteiger partial charge is 0.235 e. The second-order valence-corrected chi connectivity index (χ2v) is 5.07. The third kappa shape index (κ3) is 2.42. The molecule has 0 aliphatic carbocycles. The van der Waals surface area contributed by atoms with Crippen molar-refractivity contribution in [3.63, 3.8) is 0 Å². The third-order valence-electron chi connectivity index (χ3n) is 3.36. The van der Waals surface area contributed by atoms with Crippen molar-refractivity contribution >= 4 is 23.5 Å². The zero-order valence-electron chi connectivity index (χ0n) is 12.1. The molecule has 3 rings (SSSR count). The molecule has 0 radical (unpaired) electrons. The van der Waals surface area contributed by atoms with E-state index in [9.17, 15) is 4.79 Å². The zero-order valence-corrected chi connectivity index (χ0v) is 12.8. The number of carbonyl (C=O) groups is 1. The van der Waals surface area contributed by atoms with Crippen LogP contribution in [0, 0.1) is 0 Å². The Morgan fingerprint density at radius 1 is 1.14 bits per heavy atom. The Morgan fingerprint density at radius 2 is 1.91 bits per heavy atom. The van der Waals surface area contributed by atoms with E-state index < -0.39 is 0 Å². The molecule has 112 valence electrons. The van der Waals surface area contributed by atoms with Crippen LogP contribution < -0.4 is 14.2 Å². The second-order valence-electron chi connectivity index (χ2n) is 4.66. The highest BCUT2D eigenvalue weighted by atomic mass is 35.5. The number of methoxy groups -OCH3 is 2. The average molecular weight is 317 g/mol. The van der Waals surface area contributed by atoms with Gasteiger partial charge < -0.3 is 14.2 Å². The molecule has 1 aliphatic heterocycles. The topological polar surface area (TPSA) is 44.8 Å². The predicted molar refractivity (Wildman–Crippen MR) is 83.9 cm³/mol. The minimum absolute atomic E-state index is 0.203. The van der Waals surface area contributed by atoms with Gasteiger partial charge in [-0.15, -0.1) is 0 Å². The number of rotatable bonds is 3. The lowest BCUT2D eigenvalue weighted by Crippen LogP contribution is -2.00. The Balaban J connectivity index is 2.06. The highest BCUT2D eigenvalue weighted by Gasteiger charge is 2.32. The van der Waals surface area contributed by atoms with E-state index in [1.807, 2.05) is 18.2 Å². The van der Waals surface area contributed by atoms with Crippen molar-refractivity contribution in [1.29, 1.82) is 0 Å². The molecule has 0 fully saturated rings. The highest BCUT2D eigenvalue weighted by molar-refractivity contribution is 6.32. The molecule has 0 saturated carbocycles. The molecule has 1 heterocycles. The van der Waals surface area contributed by atoms with Crippen LogP contribution in [0.15, 0.2) is 42.2 Å². The van der Waals surface area contributed by atoms with E-state index in [-0.39, 0.29) is 11.5 Å². The molecule has 2 aromatic rings. The van der Waals surface area contributed by atoms with E-state index in [1.54, 1.807) is 31.4 Å². The summed E-state index contributed by atoms with van der Waals surface area (Å²) in [5, 5.41) is 0.548. The van der Waals surface area contributed by atoms with Crippen molar-refractivity contribution in [2.75, 3.05) is 14.2 Å². The van der Waals surface area contributed by atoms with Crippen molar-refractivity contribution in [3.05, 3.63) is 58.3 Å². The lowest BCUT2D eigenvalue weighted by Gasteiger charge is -2.07. The summed E-state index contributed by atoms with van der Waals surface area (Å²) in [4.78, 5) is 12.5. The summed E-state index contributed by atoms with van der Waals surface area (Å²) in [7, 11) is 3.04. The van der Waals surface area contributed by atoms with E-state index in [2.05, 4.69) is 0 Å². The van der Waals surface area contributed by atoms with Gasteiger partial charge in [-0.05, 0) is 17.7 Å². The maximum atomic E-state index is 12.5. The molecule has 0 aromatic heterocycles. The Kier molecular flexibility index (Phi) is 3.77. The number of hydrogen-bond acceptors (Lipinski definition) is 4. The van der Waals surface area contributed by atoms with Crippen LogP contribution in [0.5, 0.6) is 17.2 Å². The van der Waals surface area contributed by atoms with Crippen LogP contribution in [-0.4, -0.2) is 20.0 Å². The number of ketones is 1. The van der Waals surface area contributed by atoms with Gasteiger partial charge in [-0.3, -0.25) is 4.79 Å². The lowest BCUT2D eigenvalue weighted by molar-refractivity contribution is 0.101. The maximum Gasteiger partial charge on any atom is 0.235 e. The Hall–Kier alpha value is -2.46. The molecule has 0 saturated heterocycles. The number of fused-ring (bicyclic) bond motifs is 1. The van der Waals surface area contributed by atoms with Crippen molar-refractivity contribution < 1.29 is 19.0 Å². The van der Waals surface area contributed by atoms with Gasteiger partial charge in [-0.25, -0.2) is 0 Å². The summed E-state index contributed by atoms with van der Waals surface area (Å²) < 4.78 is 16.1.